The minimum Gasteiger partial charge on any atom is -0.492 e. The third kappa shape index (κ3) is 4.75. The van der Waals surface area contributed by atoms with Gasteiger partial charge in [-0.1, -0.05) is 11.8 Å². The Hall–Kier alpha value is -1.54. The summed E-state index contributed by atoms with van der Waals surface area (Å²) in [7, 11) is 0. The predicted molar refractivity (Wildman–Crippen MR) is 82.4 cm³/mol. The van der Waals surface area contributed by atoms with Crippen LogP contribution in [0.1, 0.15) is 19.4 Å². The molecule has 0 radical (unpaired) electrons. The van der Waals surface area contributed by atoms with Crippen molar-refractivity contribution in [3.05, 3.63) is 29.8 Å². The van der Waals surface area contributed by atoms with Crippen LogP contribution in [0.3, 0.4) is 0 Å². The standard InChI is InChI=1S/C17H23NO3/c1-17(2)14-20-12-9-18(17)10-13-21-16-7-5-15(6-8-16)4-3-11-19/h5-8,19H,9-14H2,1-2H3. The average Bonchev–Trinajstić information content (AvgIpc) is 2.48. The molecule has 1 aliphatic rings. The first-order chi connectivity index (χ1) is 10.1. The van der Waals surface area contributed by atoms with Gasteiger partial charge in [0, 0.05) is 24.2 Å². The zero-order valence-corrected chi connectivity index (χ0v) is 12.8. The zero-order chi connectivity index (χ0) is 15.1. The Morgan fingerprint density at radius 3 is 2.76 bits per heavy atom. The maximum absolute atomic E-state index is 8.65. The minimum absolute atomic E-state index is 0.0748. The van der Waals surface area contributed by atoms with Crippen molar-refractivity contribution in [3.8, 4) is 17.6 Å². The van der Waals surface area contributed by atoms with Gasteiger partial charge in [-0.15, -0.1) is 0 Å². The number of hydrogen-bond donors (Lipinski definition) is 1. The molecule has 0 aliphatic carbocycles. The molecule has 2 rings (SSSR count). The second kappa shape index (κ2) is 7.46. The number of hydrogen-bond acceptors (Lipinski definition) is 4. The Morgan fingerprint density at radius 1 is 1.33 bits per heavy atom. The van der Waals surface area contributed by atoms with Gasteiger partial charge in [0.25, 0.3) is 0 Å². The highest BCUT2D eigenvalue weighted by Crippen LogP contribution is 2.18. The lowest BCUT2D eigenvalue weighted by atomic mass is 10.0. The summed E-state index contributed by atoms with van der Waals surface area (Å²) in [6.45, 7) is 8.33. The fraction of sp³-hybridized carbons (Fsp3) is 0.529. The van der Waals surface area contributed by atoms with Gasteiger partial charge in [-0.2, -0.15) is 0 Å². The average molecular weight is 289 g/mol. The van der Waals surface area contributed by atoms with E-state index in [-0.39, 0.29) is 12.1 Å². The summed E-state index contributed by atoms with van der Waals surface area (Å²) in [6, 6.07) is 7.62. The molecule has 0 aromatic heterocycles. The van der Waals surface area contributed by atoms with Crippen LogP contribution < -0.4 is 4.74 Å². The molecular weight excluding hydrogens is 266 g/mol. The van der Waals surface area contributed by atoms with E-state index in [0.717, 1.165) is 37.6 Å². The van der Waals surface area contributed by atoms with Crippen molar-refractivity contribution < 1.29 is 14.6 Å². The molecule has 0 saturated carbocycles. The van der Waals surface area contributed by atoms with E-state index in [1.807, 2.05) is 24.3 Å². The van der Waals surface area contributed by atoms with Crippen molar-refractivity contribution in [2.45, 2.75) is 19.4 Å². The van der Waals surface area contributed by atoms with Crippen LogP contribution in [-0.2, 0) is 4.74 Å². The minimum atomic E-state index is -0.117. The molecule has 4 heteroatoms. The van der Waals surface area contributed by atoms with E-state index in [1.54, 1.807) is 0 Å². The number of aliphatic hydroxyl groups is 1. The van der Waals surface area contributed by atoms with Gasteiger partial charge in [-0.05, 0) is 38.1 Å². The molecule has 0 unspecified atom stereocenters. The molecule has 1 aliphatic heterocycles. The van der Waals surface area contributed by atoms with Crippen molar-refractivity contribution in [1.29, 1.82) is 0 Å². The van der Waals surface area contributed by atoms with Crippen LogP contribution in [0.2, 0.25) is 0 Å². The van der Waals surface area contributed by atoms with Crippen molar-refractivity contribution >= 4 is 0 Å². The van der Waals surface area contributed by atoms with Crippen molar-refractivity contribution in [3.63, 3.8) is 0 Å². The Balaban J connectivity index is 1.80. The van der Waals surface area contributed by atoms with E-state index in [9.17, 15) is 0 Å². The molecule has 0 spiro atoms. The number of ether oxygens (including phenoxy) is 2. The van der Waals surface area contributed by atoms with E-state index in [0.29, 0.717) is 6.61 Å². The third-order valence-electron chi connectivity index (χ3n) is 3.61. The first-order valence-electron chi connectivity index (χ1n) is 7.27. The number of aliphatic hydroxyl groups excluding tert-OH is 1. The van der Waals surface area contributed by atoms with Gasteiger partial charge in [-0.3, -0.25) is 4.90 Å². The second-order valence-electron chi connectivity index (χ2n) is 5.68. The maximum atomic E-state index is 8.65. The van der Waals surface area contributed by atoms with E-state index in [1.165, 1.54) is 0 Å². The Bertz CT molecular complexity index is 499. The smallest absolute Gasteiger partial charge is 0.119 e. The zero-order valence-electron chi connectivity index (χ0n) is 12.8. The molecule has 114 valence electrons. The first kappa shape index (κ1) is 15.8. The largest absolute Gasteiger partial charge is 0.492 e. The van der Waals surface area contributed by atoms with Gasteiger partial charge in [0.15, 0.2) is 0 Å². The van der Waals surface area contributed by atoms with Crippen LogP contribution >= 0.6 is 0 Å². The third-order valence-corrected chi connectivity index (χ3v) is 3.61. The second-order valence-corrected chi connectivity index (χ2v) is 5.68. The van der Waals surface area contributed by atoms with Gasteiger partial charge in [0.05, 0.1) is 13.2 Å². The summed E-state index contributed by atoms with van der Waals surface area (Å²) in [5.41, 5.74) is 0.955. The summed E-state index contributed by atoms with van der Waals surface area (Å²) < 4.78 is 11.3. The summed E-state index contributed by atoms with van der Waals surface area (Å²) in [5.74, 6) is 6.33. The van der Waals surface area contributed by atoms with E-state index >= 15 is 0 Å². The van der Waals surface area contributed by atoms with Crippen molar-refractivity contribution in [2.24, 2.45) is 0 Å². The Labute approximate surface area is 126 Å². The lowest BCUT2D eigenvalue weighted by molar-refractivity contribution is -0.0547. The van der Waals surface area contributed by atoms with Crippen LogP contribution in [0, 0.1) is 11.8 Å². The molecule has 0 amide bonds. The van der Waals surface area contributed by atoms with Gasteiger partial charge in [0.2, 0.25) is 0 Å². The monoisotopic (exact) mass is 289 g/mol. The number of rotatable bonds is 4. The molecule has 21 heavy (non-hydrogen) atoms. The van der Waals surface area contributed by atoms with E-state index in [2.05, 4.69) is 30.6 Å². The Kier molecular flexibility index (Phi) is 5.63. The van der Waals surface area contributed by atoms with Crippen LogP contribution in [-0.4, -0.2) is 55.1 Å². The molecular formula is C17H23NO3. The lowest BCUT2D eigenvalue weighted by Crippen LogP contribution is -2.54. The van der Waals surface area contributed by atoms with Gasteiger partial charge in [-0.25, -0.2) is 0 Å². The van der Waals surface area contributed by atoms with Crippen LogP contribution in [0.5, 0.6) is 5.75 Å². The first-order valence-corrected chi connectivity index (χ1v) is 7.27. The molecule has 1 N–H and O–H groups in total. The normalized spacial score (nSPS) is 17.9. The summed E-state index contributed by atoms with van der Waals surface area (Å²) in [4.78, 5) is 2.40. The summed E-state index contributed by atoms with van der Waals surface area (Å²) in [6.07, 6.45) is 0. The Morgan fingerprint density at radius 2 is 2.10 bits per heavy atom. The van der Waals surface area contributed by atoms with Crippen LogP contribution in [0.15, 0.2) is 24.3 Å². The summed E-state index contributed by atoms with van der Waals surface area (Å²) in [5, 5.41) is 8.65. The highest BCUT2D eigenvalue weighted by atomic mass is 16.5. The van der Waals surface area contributed by atoms with Crippen molar-refractivity contribution in [2.75, 3.05) is 39.5 Å². The van der Waals surface area contributed by atoms with Crippen LogP contribution in [0.25, 0.3) is 0 Å². The van der Waals surface area contributed by atoms with Crippen molar-refractivity contribution in [1.82, 2.24) is 4.90 Å². The highest BCUT2D eigenvalue weighted by Gasteiger charge is 2.29. The fourth-order valence-corrected chi connectivity index (χ4v) is 2.35. The molecule has 1 fully saturated rings. The van der Waals surface area contributed by atoms with Crippen LogP contribution in [0.4, 0.5) is 0 Å². The topological polar surface area (TPSA) is 41.9 Å². The molecule has 4 nitrogen and oxygen atoms in total. The maximum Gasteiger partial charge on any atom is 0.119 e. The van der Waals surface area contributed by atoms with E-state index in [4.69, 9.17) is 14.6 Å². The summed E-state index contributed by atoms with van der Waals surface area (Å²) >= 11 is 0. The van der Waals surface area contributed by atoms with Gasteiger partial charge in [0.1, 0.15) is 19.0 Å². The van der Waals surface area contributed by atoms with E-state index < -0.39 is 0 Å². The number of morpholine rings is 1. The lowest BCUT2D eigenvalue weighted by Gasteiger charge is -2.41. The quantitative estimate of drug-likeness (QED) is 0.853. The predicted octanol–water partition coefficient (Wildman–Crippen LogP) is 1.52. The molecule has 1 aromatic carbocycles. The number of nitrogens with zero attached hydrogens (tertiary/aromatic N) is 1. The molecule has 0 atom stereocenters. The molecule has 1 saturated heterocycles. The van der Waals surface area contributed by atoms with Gasteiger partial charge >= 0.3 is 0 Å². The fourth-order valence-electron chi connectivity index (χ4n) is 2.35. The molecule has 1 aromatic rings. The molecule has 0 bridgehead atoms. The SMILES string of the molecule is CC1(C)COCCN1CCOc1ccc(C#CCO)cc1. The number of benzene rings is 1. The highest BCUT2D eigenvalue weighted by molar-refractivity contribution is 5.38. The van der Waals surface area contributed by atoms with Gasteiger partial charge < -0.3 is 14.6 Å². The molecule has 1 heterocycles.